The van der Waals surface area contributed by atoms with Crippen LogP contribution in [0.3, 0.4) is 0 Å². The zero-order valence-corrected chi connectivity index (χ0v) is 51.1. The van der Waals surface area contributed by atoms with Crippen molar-refractivity contribution in [1.82, 2.24) is 24.1 Å². The Kier molecular flexibility index (Phi) is 15.8. The van der Waals surface area contributed by atoms with Crippen LogP contribution in [0.15, 0.2) is 206 Å². The molecule has 9 heteroatoms. The van der Waals surface area contributed by atoms with Crippen LogP contribution in [0.4, 0.5) is 0 Å². The Balaban J connectivity index is 1.06. The number of aryl methyl sites for hydroxylation is 3. The van der Waals surface area contributed by atoms with E-state index in [4.69, 9.17) is 15.0 Å². The number of hydrogen-bond acceptors (Lipinski definition) is 6. The molecule has 0 saturated heterocycles. The molecular weight excluding hydrogens is 1180 g/mol. The lowest BCUT2D eigenvalue weighted by Gasteiger charge is -2.18. The first-order valence-corrected chi connectivity index (χ1v) is 31.3. The maximum Gasteiger partial charge on any atom is 0.164 e. The van der Waals surface area contributed by atoms with E-state index in [0.29, 0.717) is 34.2 Å². The molecule has 0 radical (unpaired) electrons. The molecule has 420 valence electrons. The van der Waals surface area contributed by atoms with Gasteiger partial charge in [-0.25, -0.2) is 15.0 Å². The fourth-order valence-corrected chi connectivity index (χ4v) is 12.9. The lowest BCUT2D eigenvalue weighted by Crippen LogP contribution is -2.03. The van der Waals surface area contributed by atoms with Crippen molar-refractivity contribution >= 4 is 66.2 Å². The molecule has 0 atom stereocenters. The molecule has 0 unspecified atom stereocenters. The third-order valence-electron chi connectivity index (χ3n) is 16.8. The third-order valence-corrected chi connectivity index (χ3v) is 17.5. The van der Waals surface area contributed by atoms with Gasteiger partial charge in [-0.15, -0.1) is 0 Å². The van der Waals surface area contributed by atoms with Crippen molar-refractivity contribution in [3.63, 3.8) is 0 Å². The van der Waals surface area contributed by atoms with E-state index in [1.807, 2.05) is 84.9 Å². The molecule has 10 aromatic carbocycles. The van der Waals surface area contributed by atoms with E-state index in [2.05, 4.69) is 192 Å². The van der Waals surface area contributed by atoms with Crippen molar-refractivity contribution in [3.8, 4) is 97.1 Å². The molecule has 3 heterocycles. The zero-order chi connectivity index (χ0) is 59.5. The second-order valence-electron chi connectivity index (χ2n) is 22.6. The summed E-state index contributed by atoms with van der Waals surface area (Å²) >= 11 is 2.41. The Morgan fingerprint density at radius 1 is 0.345 bits per heavy atom. The first-order valence-electron chi connectivity index (χ1n) is 30.2. The normalized spacial score (nSPS) is 11.4. The molecule has 13 aromatic rings. The number of fused-ring (bicyclic) bond motifs is 6. The minimum absolute atomic E-state index is 0.453. The van der Waals surface area contributed by atoms with Gasteiger partial charge in [0, 0.05) is 52.9 Å². The number of benzene rings is 10. The molecule has 0 spiro atoms. The molecule has 13 rings (SSSR count). The van der Waals surface area contributed by atoms with Gasteiger partial charge in [0.1, 0.15) is 0 Å². The number of rotatable bonds is 17. The van der Waals surface area contributed by atoms with E-state index in [-0.39, 0.29) is 0 Å². The van der Waals surface area contributed by atoms with Crippen molar-refractivity contribution in [1.29, 1.82) is 15.8 Å². The van der Waals surface area contributed by atoms with E-state index in [1.54, 1.807) is 0 Å². The summed E-state index contributed by atoms with van der Waals surface area (Å²) < 4.78 is 5.91. The summed E-state index contributed by atoms with van der Waals surface area (Å²) in [5, 5.41) is 35.6. The Morgan fingerprint density at radius 2 is 0.724 bits per heavy atom. The van der Waals surface area contributed by atoms with Crippen molar-refractivity contribution in [2.45, 2.75) is 78.6 Å². The highest BCUT2D eigenvalue weighted by molar-refractivity contribution is 14.1. The summed E-state index contributed by atoms with van der Waals surface area (Å²) in [4.78, 5) is 16.3. The van der Waals surface area contributed by atoms with Crippen molar-refractivity contribution in [2.24, 2.45) is 0 Å². The van der Waals surface area contributed by atoms with E-state index in [9.17, 15) is 15.8 Å². The number of unbranched alkanes of at least 4 members (excludes halogenated alkanes) is 3. The highest BCUT2D eigenvalue weighted by Gasteiger charge is 2.24. The number of nitrogens with zero attached hydrogens (tertiary/aromatic N) is 8. The van der Waals surface area contributed by atoms with Crippen LogP contribution in [0, 0.1) is 37.6 Å². The Labute approximate surface area is 521 Å². The van der Waals surface area contributed by atoms with Crippen LogP contribution in [0.1, 0.15) is 92.7 Å². The summed E-state index contributed by atoms with van der Waals surface area (Å²) in [5.41, 5.74) is 19.5. The number of aromatic nitrogens is 5. The second kappa shape index (κ2) is 24.5. The van der Waals surface area contributed by atoms with Crippen LogP contribution in [-0.4, -0.2) is 24.1 Å². The van der Waals surface area contributed by atoms with Gasteiger partial charge in [0.05, 0.1) is 68.3 Å². The number of hydrogen-bond donors (Lipinski definition) is 0. The van der Waals surface area contributed by atoms with E-state index in [0.717, 1.165) is 145 Å². The van der Waals surface area contributed by atoms with Gasteiger partial charge in [-0.1, -0.05) is 119 Å². The minimum Gasteiger partial charge on any atom is -0.309 e. The maximum atomic E-state index is 10.4. The van der Waals surface area contributed by atoms with Crippen LogP contribution < -0.4 is 0 Å². The second-order valence-corrected chi connectivity index (χ2v) is 23.8. The minimum atomic E-state index is 0.453. The van der Waals surface area contributed by atoms with E-state index in [1.165, 1.54) is 38.2 Å². The Morgan fingerprint density at radius 3 is 1.14 bits per heavy atom. The number of halogens is 1. The van der Waals surface area contributed by atoms with Gasteiger partial charge in [-0.05, 0) is 227 Å². The topological polar surface area (TPSA) is 120 Å². The highest BCUT2D eigenvalue weighted by atomic mass is 127. The van der Waals surface area contributed by atoms with Crippen LogP contribution in [0.5, 0.6) is 0 Å². The lowest BCUT2D eigenvalue weighted by atomic mass is 9.97. The molecular formula is C78H61IN8. The molecule has 0 bridgehead atoms. The zero-order valence-electron chi connectivity index (χ0n) is 48.9. The van der Waals surface area contributed by atoms with E-state index < -0.39 is 0 Å². The molecule has 0 aliphatic heterocycles. The molecule has 8 nitrogen and oxygen atoms in total. The first kappa shape index (κ1) is 56.2. The summed E-state index contributed by atoms with van der Waals surface area (Å²) in [7, 11) is 0. The molecule has 87 heavy (non-hydrogen) atoms. The summed E-state index contributed by atoms with van der Waals surface area (Å²) in [6.07, 6.45) is 9.78. The summed E-state index contributed by atoms with van der Waals surface area (Å²) in [5.74, 6) is 1.36. The van der Waals surface area contributed by atoms with Gasteiger partial charge < -0.3 is 9.13 Å². The SMILES string of the molecule is CCCCc1ccc2c(c1)c1cc(I)ccc1n2-c1ccc(-c2nc(-c3ccc(-n4c5ccc(CCCC)cc5c5cc(CCCC)ccc54)c(-c4cccc(C#N)c4)c3)nc(-c3ccccc3-c3cccc(C#N)c3)n2)cc1-c1cccc(C#N)c1. The van der Waals surface area contributed by atoms with Gasteiger partial charge in [0.15, 0.2) is 17.5 Å². The third kappa shape index (κ3) is 10.9. The molecule has 0 saturated carbocycles. The summed E-state index contributed by atoms with van der Waals surface area (Å²) in [6.45, 7) is 6.72. The monoisotopic (exact) mass is 1240 g/mol. The first-order chi connectivity index (χ1) is 42.7. The molecule has 0 N–H and O–H groups in total. The van der Waals surface area contributed by atoms with Crippen molar-refractivity contribution < 1.29 is 0 Å². The Hall–Kier alpha value is -9.99. The molecule has 3 aromatic heterocycles. The van der Waals surface area contributed by atoms with Gasteiger partial charge in [0.2, 0.25) is 0 Å². The van der Waals surface area contributed by atoms with Crippen LogP contribution >= 0.6 is 22.6 Å². The quantitative estimate of drug-likeness (QED) is 0.0838. The smallest absolute Gasteiger partial charge is 0.164 e. The van der Waals surface area contributed by atoms with Crippen LogP contribution in [0.2, 0.25) is 0 Å². The van der Waals surface area contributed by atoms with Gasteiger partial charge >= 0.3 is 0 Å². The van der Waals surface area contributed by atoms with Gasteiger partial charge in [0.25, 0.3) is 0 Å². The fraction of sp³-hybridized carbons (Fsp3) is 0.154. The van der Waals surface area contributed by atoms with Crippen molar-refractivity contribution in [2.75, 3.05) is 0 Å². The summed E-state index contributed by atoms with van der Waals surface area (Å²) in [6, 6.07) is 78.8. The highest BCUT2D eigenvalue weighted by Crippen LogP contribution is 2.43. The average molecular weight is 1240 g/mol. The van der Waals surface area contributed by atoms with Crippen LogP contribution in [-0.2, 0) is 19.3 Å². The molecule has 0 aliphatic rings. The maximum absolute atomic E-state index is 10.4. The predicted octanol–water partition coefficient (Wildman–Crippen LogP) is 20.3. The molecule has 0 amide bonds. The lowest BCUT2D eigenvalue weighted by molar-refractivity contribution is 0.795. The number of nitriles is 3. The molecule has 0 aliphatic carbocycles. The fourth-order valence-electron chi connectivity index (χ4n) is 12.4. The van der Waals surface area contributed by atoms with Gasteiger partial charge in [-0.2, -0.15) is 15.8 Å². The van der Waals surface area contributed by atoms with E-state index >= 15 is 0 Å². The Bertz CT molecular complexity index is 4900. The standard InChI is InChI=1S/C78H61IN8/c1-4-7-15-50-26-32-72-66(41-50)67-42-51(16-8-5-2)27-33-73(67)86(72)70-35-29-59(44-64(70)57-22-13-19-54(39-57)48-81)76-83-77(85-78(84-76)63-25-11-10-24-62(63)56-21-12-18-53(38-56)47-80)60-30-36-71(65(45-60)58-23-14-20-55(40-58)49-82)87-74-34-28-52(17-9-6-3)43-68(74)69-46-61(79)31-37-75(69)87/h10-14,18-46H,4-9,15-17H2,1-3H3. The average Bonchev–Trinajstić information content (AvgIpc) is 1.71. The van der Waals surface area contributed by atoms with Crippen molar-refractivity contribution in [3.05, 3.63) is 243 Å². The van der Waals surface area contributed by atoms with Crippen LogP contribution in [0.25, 0.3) is 123 Å². The van der Waals surface area contributed by atoms with Gasteiger partial charge in [-0.3, -0.25) is 0 Å². The largest absolute Gasteiger partial charge is 0.309 e. The predicted molar refractivity (Wildman–Crippen MR) is 364 cm³/mol. The molecule has 0 fully saturated rings.